The van der Waals surface area contributed by atoms with Gasteiger partial charge in [0.25, 0.3) is 0 Å². The number of aromatic amines is 1. The Balaban J connectivity index is 0.00000169. The lowest BCUT2D eigenvalue weighted by molar-refractivity contribution is 0.299. The lowest BCUT2D eigenvalue weighted by atomic mass is 9.85. The van der Waals surface area contributed by atoms with Crippen molar-refractivity contribution in [3.63, 3.8) is 0 Å². The van der Waals surface area contributed by atoms with Gasteiger partial charge in [-0.05, 0) is 41.3 Å². The maximum Gasteiger partial charge on any atom is 0.109 e. The Bertz CT molecular complexity index is 776. The van der Waals surface area contributed by atoms with Crippen molar-refractivity contribution in [3.8, 4) is 11.4 Å². The zero-order chi connectivity index (χ0) is 15.8. The summed E-state index contributed by atoms with van der Waals surface area (Å²) < 4.78 is 0.998. The topological polar surface area (TPSA) is 53.6 Å². The van der Waals surface area contributed by atoms with Crippen LogP contribution in [0.4, 0.5) is 0 Å². The molecule has 2 N–H and O–H groups in total. The number of piperidine rings is 1. The first kappa shape index (κ1) is 17.4. The summed E-state index contributed by atoms with van der Waals surface area (Å²) >= 11 is 3.55. The first-order valence-electron chi connectivity index (χ1n) is 8.01. The number of rotatable bonds is 2. The van der Waals surface area contributed by atoms with E-state index in [-0.39, 0.29) is 12.4 Å². The van der Waals surface area contributed by atoms with Gasteiger partial charge in [0.15, 0.2) is 0 Å². The molecule has 24 heavy (non-hydrogen) atoms. The Morgan fingerprint density at radius 2 is 1.88 bits per heavy atom. The zero-order valence-electron chi connectivity index (χ0n) is 13.4. The Kier molecular flexibility index (Phi) is 5.23. The largest absolute Gasteiger partial charge is 0.341 e. The number of fused-ring (bicyclic) bond motifs is 1. The van der Waals surface area contributed by atoms with Crippen LogP contribution in [0.3, 0.4) is 0 Å². The van der Waals surface area contributed by atoms with Gasteiger partial charge < -0.3 is 10.3 Å². The number of benzene rings is 1. The quantitative estimate of drug-likeness (QED) is 0.648. The summed E-state index contributed by atoms with van der Waals surface area (Å²) in [5.74, 6) is 1.48. The summed E-state index contributed by atoms with van der Waals surface area (Å²) in [7, 11) is 0. The van der Waals surface area contributed by atoms with Gasteiger partial charge >= 0.3 is 0 Å². The molecule has 0 aliphatic carbocycles. The van der Waals surface area contributed by atoms with Crippen molar-refractivity contribution >= 4 is 28.3 Å². The van der Waals surface area contributed by atoms with Crippen molar-refractivity contribution in [1.82, 2.24) is 20.3 Å². The highest BCUT2D eigenvalue weighted by Crippen LogP contribution is 2.36. The molecule has 6 heteroatoms. The molecular weight excluding hydrogens is 388 g/mol. The third-order valence-corrected chi connectivity index (χ3v) is 5.22. The predicted octanol–water partition coefficient (Wildman–Crippen LogP) is 4.69. The van der Waals surface area contributed by atoms with Crippen molar-refractivity contribution < 1.29 is 0 Å². The van der Waals surface area contributed by atoms with Crippen molar-refractivity contribution in [1.29, 1.82) is 0 Å². The fourth-order valence-corrected chi connectivity index (χ4v) is 3.93. The first-order valence-corrected chi connectivity index (χ1v) is 8.80. The molecule has 0 amide bonds. The van der Waals surface area contributed by atoms with Crippen LogP contribution in [0, 0.1) is 0 Å². The highest BCUT2D eigenvalue weighted by atomic mass is 79.9. The van der Waals surface area contributed by atoms with Crippen LogP contribution in [0.1, 0.15) is 43.1 Å². The number of aromatic nitrogens is 3. The fourth-order valence-electron chi connectivity index (χ4n) is 3.53. The number of nitrogens with one attached hydrogen (secondary N) is 2. The van der Waals surface area contributed by atoms with Crippen LogP contribution in [0.2, 0.25) is 0 Å². The van der Waals surface area contributed by atoms with Gasteiger partial charge in [-0.1, -0.05) is 30.3 Å². The predicted molar refractivity (Wildman–Crippen MR) is 102 cm³/mol. The lowest BCUT2D eigenvalue weighted by Gasteiger charge is -2.34. The van der Waals surface area contributed by atoms with Crippen LogP contribution < -0.4 is 5.32 Å². The van der Waals surface area contributed by atoms with Gasteiger partial charge in [-0.2, -0.15) is 0 Å². The number of hydrogen-bond donors (Lipinski definition) is 2. The standard InChI is InChI=1S/C18H19BrN4.ClH/c1-11-7-13(8-15(22-11)12-5-3-2-4-6-12)18-21-10-16-17(23-18)14(19)9-20-16;/h2-6,9-11,13,15,22H,7-8H2,1H3,(H,21,23);1H. The van der Waals surface area contributed by atoms with Gasteiger partial charge in [-0.3, -0.25) is 4.98 Å². The van der Waals surface area contributed by atoms with Gasteiger partial charge in [-0.15, -0.1) is 12.4 Å². The summed E-state index contributed by atoms with van der Waals surface area (Å²) in [4.78, 5) is 12.5. The van der Waals surface area contributed by atoms with E-state index in [0.29, 0.717) is 18.0 Å². The molecule has 3 unspecified atom stereocenters. The van der Waals surface area contributed by atoms with Gasteiger partial charge in [-0.25, -0.2) is 4.98 Å². The van der Waals surface area contributed by atoms with E-state index in [9.17, 15) is 0 Å². The molecule has 126 valence electrons. The molecule has 3 aliphatic heterocycles. The Labute approximate surface area is 156 Å². The van der Waals surface area contributed by atoms with E-state index in [0.717, 1.165) is 34.5 Å². The van der Waals surface area contributed by atoms with E-state index in [1.54, 1.807) is 0 Å². The highest BCUT2D eigenvalue weighted by molar-refractivity contribution is 9.10. The first-order chi connectivity index (χ1) is 11.2. The Hall–Kier alpha value is -1.43. The maximum absolute atomic E-state index is 4.64. The minimum absolute atomic E-state index is 0. The monoisotopic (exact) mass is 406 g/mol. The molecule has 3 aliphatic rings. The van der Waals surface area contributed by atoms with E-state index in [2.05, 4.69) is 73.5 Å². The number of hydrogen-bond acceptors (Lipinski definition) is 3. The molecule has 0 bridgehead atoms. The molecular formula is C18H20BrClN4. The van der Waals surface area contributed by atoms with Gasteiger partial charge in [0.1, 0.15) is 11.5 Å². The lowest BCUT2D eigenvalue weighted by Crippen LogP contribution is -2.38. The molecule has 0 aromatic heterocycles. The second-order valence-corrected chi connectivity index (χ2v) is 7.19. The number of nitrogens with zero attached hydrogens (tertiary/aromatic N) is 2. The van der Waals surface area contributed by atoms with E-state index in [1.807, 2.05) is 12.4 Å². The van der Waals surface area contributed by atoms with Crippen molar-refractivity contribution in [2.45, 2.75) is 37.8 Å². The molecule has 1 saturated heterocycles. The molecule has 1 aromatic rings. The average molecular weight is 408 g/mol. The van der Waals surface area contributed by atoms with Gasteiger partial charge in [0.2, 0.25) is 0 Å². The summed E-state index contributed by atoms with van der Waals surface area (Å²) in [6, 6.07) is 11.5. The molecule has 1 aromatic carbocycles. The highest BCUT2D eigenvalue weighted by Gasteiger charge is 2.29. The van der Waals surface area contributed by atoms with Crippen LogP contribution in [0.5, 0.6) is 0 Å². The molecule has 4 rings (SSSR count). The second kappa shape index (κ2) is 7.21. The normalized spacial score (nSPS) is 23.8. The van der Waals surface area contributed by atoms with E-state index < -0.39 is 0 Å². The van der Waals surface area contributed by atoms with Crippen LogP contribution in [-0.4, -0.2) is 21.0 Å². The maximum atomic E-state index is 4.64. The van der Waals surface area contributed by atoms with Crippen LogP contribution >= 0.6 is 28.3 Å². The van der Waals surface area contributed by atoms with Crippen LogP contribution in [-0.2, 0) is 0 Å². The summed E-state index contributed by atoms with van der Waals surface area (Å²) in [5, 5.41) is 3.71. The van der Waals surface area contributed by atoms with Crippen molar-refractivity contribution in [2.24, 2.45) is 0 Å². The number of halogens is 2. The molecule has 0 saturated carbocycles. The third kappa shape index (κ3) is 3.34. The smallest absolute Gasteiger partial charge is 0.109 e. The third-order valence-electron chi connectivity index (χ3n) is 4.62. The van der Waals surface area contributed by atoms with Crippen molar-refractivity contribution in [3.05, 3.63) is 58.6 Å². The summed E-state index contributed by atoms with van der Waals surface area (Å²) in [6.07, 6.45) is 5.83. The van der Waals surface area contributed by atoms with Gasteiger partial charge in [0.05, 0.1) is 16.4 Å². The molecule has 3 atom stereocenters. The summed E-state index contributed by atoms with van der Waals surface area (Å²) in [6.45, 7) is 2.25. The Morgan fingerprint density at radius 1 is 1.08 bits per heavy atom. The Morgan fingerprint density at radius 3 is 2.67 bits per heavy atom. The van der Waals surface area contributed by atoms with Crippen LogP contribution in [0.15, 0.2) is 47.2 Å². The molecule has 4 nitrogen and oxygen atoms in total. The minimum Gasteiger partial charge on any atom is -0.341 e. The molecule has 0 radical (unpaired) electrons. The van der Waals surface area contributed by atoms with Crippen molar-refractivity contribution in [2.75, 3.05) is 0 Å². The minimum atomic E-state index is 0. The zero-order valence-corrected chi connectivity index (χ0v) is 15.8. The molecule has 0 spiro atoms. The van der Waals surface area contributed by atoms with Crippen LogP contribution in [0.25, 0.3) is 11.4 Å². The fraction of sp³-hybridized carbons (Fsp3) is 0.333. The SMILES string of the molecule is CC1CC(c2ncc3ncc(Br)c-3[nH]2)CC(c2ccccc2)N1.Cl. The van der Waals surface area contributed by atoms with E-state index in [1.165, 1.54) is 5.56 Å². The van der Waals surface area contributed by atoms with E-state index in [4.69, 9.17) is 0 Å². The molecule has 1 fully saturated rings. The van der Waals surface area contributed by atoms with Gasteiger partial charge in [0, 0.05) is 24.2 Å². The summed E-state index contributed by atoms with van der Waals surface area (Å²) in [5.41, 5.74) is 3.29. The molecule has 3 heterocycles. The average Bonchev–Trinajstić information content (AvgIpc) is 2.96. The van der Waals surface area contributed by atoms with E-state index >= 15 is 0 Å². The second-order valence-electron chi connectivity index (χ2n) is 6.33. The number of H-pyrrole nitrogens is 1.